The van der Waals surface area contributed by atoms with E-state index in [0.717, 1.165) is 6.07 Å². The van der Waals surface area contributed by atoms with Crippen molar-refractivity contribution >= 4 is 27.3 Å². The van der Waals surface area contributed by atoms with Gasteiger partial charge in [0.2, 0.25) is 15.9 Å². The largest absolute Gasteiger partial charge is 0.326 e. The molecule has 2 aromatic carbocycles. The molecule has 8 nitrogen and oxygen atoms in total. The van der Waals surface area contributed by atoms with E-state index in [1.54, 1.807) is 24.3 Å². The summed E-state index contributed by atoms with van der Waals surface area (Å²) in [5.74, 6) is -0.242. The summed E-state index contributed by atoms with van der Waals surface area (Å²) in [6, 6.07) is 10.7. The third kappa shape index (κ3) is 4.61. The van der Waals surface area contributed by atoms with E-state index in [2.05, 4.69) is 10.0 Å². The van der Waals surface area contributed by atoms with Crippen LogP contribution in [0.2, 0.25) is 0 Å². The van der Waals surface area contributed by atoms with E-state index in [9.17, 15) is 23.3 Å². The average molecular weight is 363 g/mol. The van der Waals surface area contributed by atoms with Crippen LogP contribution in [-0.4, -0.2) is 19.2 Å². The third-order valence-electron chi connectivity index (χ3n) is 3.37. The number of amides is 1. The van der Waals surface area contributed by atoms with Crippen molar-refractivity contribution in [3.05, 3.63) is 63.7 Å². The number of nitro groups is 1. The van der Waals surface area contributed by atoms with E-state index in [4.69, 9.17) is 0 Å². The Hall–Kier alpha value is -2.78. The maximum atomic E-state index is 12.5. The Balaban J connectivity index is 2.26. The predicted octanol–water partition coefficient (Wildman–Crippen LogP) is 2.34. The fraction of sp³-hybridized carbons (Fsp3) is 0.188. The van der Waals surface area contributed by atoms with Gasteiger partial charge in [0.15, 0.2) is 4.90 Å². The number of nitrogens with one attached hydrogen (secondary N) is 2. The van der Waals surface area contributed by atoms with Gasteiger partial charge in [0.05, 0.1) is 4.92 Å². The number of benzene rings is 2. The van der Waals surface area contributed by atoms with Crippen molar-refractivity contribution in [3.8, 4) is 0 Å². The number of hydrogen-bond donors (Lipinski definition) is 2. The molecule has 0 bridgehead atoms. The van der Waals surface area contributed by atoms with Gasteiger partial charge in [-0.3, -0.25) is 14.9 Å². The summed E-state index contributed by atoms with van der Waals surface area (Å²) < 4.78 is 27.4. The van der Waals surface area contributed by atoms with E-state index < -0.39 is 20.6 Å². The van der Waals surface area contributed by atoms with Crippen LogP contribution >= 0.6 is 0 Å². The van der Waals surface area contributed by atoms with Crippen molar-refractivity contribution in [2.24, 2.45) is 0 Å². The lowest BCUT2D eigenvalue weighted by atomic mass is 10.2. The monoisotopic (exact) mass is 363 g/mol. The molecule has 0 unspecified atom stereocenters. The number of nitro benzene ring substituents is 1. The Morgan fingerprint density at radius 1 is 1.20 bits per heavy atom. The van der Waals surface area contributed by atoms with Crippen LogP contribution in [0, 0.1) is 17.0 Å². The quantitative estimate of drug-likeness (QED) is 0.603. The Kier molecular flexibility index (Phi) is 5.50. The highest BCUT2D eigenvalue weighted by atomic mass is 32.2. The predicted molar refractivity (Wildman–Crippen MR) is 92.6 cm³/mol. The highest BCUT2D eigenvalue weighted by Gasteiger charge is 2.27. The van der Waals surface area contributed by atoms with Crippen LogP contribution in [-0.2, 0) is 21.4 Å². The van der Waals surface area contributed by atoms with Gasteiger partial charge in [0.25, 0.3) is 5.69 Å². The summed E-state index contributed by atoms with van der Waals surface area (Å²) in [6.07, 6.45) is 0. The summed E-state index contributed by atoms with van der Waals surface area (Å²) in [5.41, 5.74) is 0.949. The number of aryl methyl sites for hydroxylation is 1. The van der Waals surface area contributed by atoms with Crippen LogP contribution < -0.4 is 10.0 Å². The maximum absolute atomic E-state index is 12.5. The lowest BCUT2D eigenvalue weighted by molar-refractivity contribution is -0.387. The molecule has 0 radical (unpaired) electrons. The smallest absolute Gasteiger partial charge is 0.289 e. The zero-order chi connectivity index (χ0) is 18.6. The molecular formula is C16H17N3O5S. The fourth-order valence-corrected chi connectivity index (χ4v) is 3.75. The Morgan fingerprint density at radius 2 is 1.88 bits per heavy atom. The van der Waals surface area contributed by atoms with Crippen LogP contribution in [0.25, 0.3) is 0 Å². The topological polar surface area (TPSA) is 118 Å². The molecule has 2 N–H and O–H groups in total. The van der Waals surface area contributed by atoms with Crippen LogP contribution in [0.15, 0.2) is 47.4 Å². The summed E-state index contributed by atoms with van der Waals surface area (Å²) >= 11 is 0. The normalized spacial score (nSPS) is 11.1. The third-order valence-corrected chi connectivity index (χ3v) is 4.96. The summed E-state index contributed by atoms with van der Waals surface area (Å²) in [4.78, 5) is 21.1. The SMILES string of the molecule is CC(=O)Nc1cccc(CNS(=O)(=O)c2c(C)cccc2[N+](=O)[O-])c1. The number of sulfonamides is 1. The molecule has 0 aliphatic rings. The van der Waals surface area contributed by atoms with E-state index in [0.29, 0.717) is 11.3 Å². The number of carbonyl (C=O) groups is 1. The standard InChI is InChI=1S/C16H17N3O5S/c1-11-5-3-8-15(19(21)22)16(11)25(23,24)17-10-13-6-4-7-14(9-13)18-12(2)20/h3-9,17H,10H2,1-2H3,(H,18,20). The Labute approximate surface area is 145 Å². The minimum absolute atomic E-state index is 0.0682. The van der Waals surface area contributed by atoms with Crippen molar-refractivity contribution < 1.29 is 18.1 Å². The highest BCUT2D eigenvalue weighted by molar-refractivity contribution is 7.89. The molecule has 9 heteroatoms. The van der Waals surface area contributed by atoms with Crippen LogP contribution in [0.4, 0.5) is 11.4 Å². The average Bonchev–Trinajstić information content (AvgIpc) is 2.52. The Morgan fingerprint density at radius 3 is 2.52 bits per heavy atom. The summed E-state index contributed by atoms with van der Waals surface area (Å²) in [5, 5.41) is 13.7. The van der Waals surface area contributed by atoms with Crippen molar-refractivity contribution in [3.63, 3.8) is 0 Å². The first kappa shape index (κ1) is 18.6. The minimum atomic E-state index is -4.08. The number of hydrogen-bond acceptors (Lipinski definition) is 5. The van der Waals surface area contributed by atoms with Gasteiger partial charge in [0, 0.05) is 25.2 Å². The van der Waals surface area contributed by atoms with Gasteiger partial charge in [0.1, 0.15) is 0 Å². The molecule has 0 aliphatic carbocycles. The second-order valence-corrected chi connectivity index (χ2v) is 7.09. The molecule has 2 rings (SSSR count). The minimum Gasteiger partial charge on any atom is -0.326 e. The number of nitrogens with zero attached hydrogens (tertiary/aromatic N) is 1. The molecule has 0 saturated carbocycles. The summed E-state index contributed by atoms with van der Waals surface area (Å²) in [7, 11) is -4.08. The molecule has 25 heavy (non-hydrogen) atoms. The fourth-order valence-electron chi connectivity index (χ4n) is 2.34. The zero-order valence-corrected chi connectivity index (χ0v) is 14.5. The van der Waals surface area contributed by atoms with Crippen molar-refractivity contribution in [2.75, 3.05) is 5.32 Å². The van der Waals surface area contributed by atoms with Gasteiger partial charge in [-0.05, 0) is 30.2 Å². The molecule has 132 valence electrons. The number of anilines is 1. The first-order chi connectivity index (χ1) is 11.7. The molecule has 0 aliphatic heterocycles. The van der Waals surface area contributed by atoms with E-state index >= 15 is 0 Å². The molecule has 1 amide bonds. The lowest BCUT2D eigenvalue weighted by Crippen LogP contribution is -2.25. The maximum Gasteiger partial charge on any atom is 0.289 e. The van der Waals surface area contributed by atoms with Gasteiger partial charge >= 0.3 is 0 Å². The van der Waals surface area contributed by atoms with Crippen molar-refractivity contribution in [1.29, 1.82) is 0 Å². The zero-order valence-electron chi connectivity index (χ0n) is 13.6. The molecule has 0 aromatic heterocycles. The Bertz CT molecular complexity index is 925. The summed E-state index contributed by atoms with van der Waals surface area (Å²) in [6.45, 7) is 2.80. The van der Waals surface area contributed by atoms with E-state index in [1.165, 1.54) is 26.0 Å². The van der Waals surface area contributed by atoms with Gasteiger partial charge in [-0.1, -0.05) is 24.3 Å². The number of rotatable bonds is 6. The molecule has 0 atom stereocenters. The second-order valence-electron chi connectivity index (χ2n) is 5.39. The van der Waals surface area contributed by atoms with Gasteiger partial charge in [-0.15, -0.1) is 0 Å². The first-order valence-electron chi connectivity index (χ1n) is 7.31. The van der Waals surface area contributed by atoms with Crippen molar-refractivity contribution in [1.82, 2.24) is 4.72 Å². The van der Waals surface area contributed by atoms with E-state index in [1.807, 2.05) is 0 Å². The van der Waals surface area contributed by atoms with Gasteiger partial charge in [-0.25, -0.2) is 13.1 Å². The van der Waals surface area contributed by atoms with Crippen molar-refractivity contribution in [2.45, 2.75) is 25.3 Å². The van der Waals surface area contributed by atoms with Crippen LogP contribution in [0.5, 0.6) is 0 Å². The lowest BCUT2D eigenvalue weighted by Gasteiger charge is -2.10. The molecule has 0 saturated heterocycles. The van der Waals surface area contributed by atoms with Crippen LogP contribution in [0.1, 0.15) is 18.1 Å². The molecule has 0 spiro atoms. The molecule has 0 fully saturated rings. The highest BCUT2D eigenvalue weighted by Crippen LogP contribution is 2.26. The molecule has 2 aromatic rings. The first-order valence-corrected chi connectivity index (χ1v) is 8.79. The number of carbonyl (C=O) groups excluding carboxylic acids is 1. The van der Waals surface area contributed by atoms with Gasteiger partial charge < -0.3 is 5.32 Å². The van der Waals surface area contributed by atoms with Gasteiger partial charge in [-0.2, -0.15) is 0 Å². The van der Waals surface area contributed by atoms with Crippen LogP contribution in [0.3, 0.4) is 0 Å². The molecular weight excluding hydrogens is 346 g/mol. The second kappa shape index (κ2) is 7.41. The molecule has 0 heterocycles. The van der Waals surface area contributed by atoms with E-state index in [-0.39, 0.29) is 22.9 Å².